The Morgan fingerprint density at radius 1 is 1.32 bits per heavy atom. The van der Waals surface area contributed by atoms with Crippen LogP contribution in [0.3, 0.4) is 0 Å². The highest BCUT2D eigenvalue weighted by molar-refractivity contribution is 5.11. The van der Waals surface area contributed by atoms with E-state index < -0.39 is 0 Å². The van der Waals surface area contributed by atoms with Crippen molar-refractivity contribution >= 4 is 0 Å². The molecule has 106 valence electrons. The van der Waals surface area contributed by atoms with Crippen molar-refractivity contribution in [1.29, 1.82) is 0 Å². The molecule has 0 bridgehead atoms. The predicted octanol–water partition coefficient (Wildman–Crippen LogP) is 1.33. The summed E-state index contributed by atoms with van der Waals surface area (Å²) >= 11 is 0. The summed E-state index contributed by atoms with van der Waals surface area (Å²) in [5.74, 6) is 0. The predicted molar refractivity (Wildman–Crippen MR) is 79.0 cm³/mol. The molecule has 2 heterocycles. The van der Waals surface area contributed by atoms with Gasteiger partial charge in [0.25, 0.3) is 0 Å². The van der Waals surface area contributed by atoms with Gasteiger partial charge in [0.2, 0.25) is 0 Å². The molecule has 0 aliphatic carbocycles. The van der Waals surface area contributed by atoms with E-state index in [1.165, 1.54) is 5.69 Å². The van der Waals surface area contributed by atoms with Crippen molar-refractivity contribution < 1.29 is 0 Å². The zero-order chi connectivity index (χ0) is 13.7. The van der Waals surface area contributed by atoms with Gasteiger partial charge < -0.3 is 10.2 Å². The van der Waals surface area contributed by atoms with Crippen LogP contribution in [0.4, 0.5) is 0 Å². The topological polar surface area (TPSA) is 31.4 Å². The number of hydrogen-bond acceptors (Lipinski definition) is 4. The Morgan fingerprint density at radius 3 is 2.84 bits per heavy atom. The number of likely N-dealkylation sites (N-methyl/N-ethyl adjacent to an activating group) is 1. The van der Waals surface area contributed by atoms with Gasteiger partial charge in [-0.25, -0.2) is 0 Å². The van der Waals surface area contributed by atoms with Crippen LogP contribution in [0, 0.1) is 0 Å². The summed E-state index contributed by atoms with van der Waals surface area (Å²) in [5.41, 5.74) is 2.33. The van der Waals surface area contributed by atoms with E-state index in [4.69, 9.17) is 4.98 Å². The standard InChI is InChI=1S/C15H26N4/c1-4-16-10-14-6-5-7-15(17-14)12-19-9-8-18(3)13(2)11-19/h5-7,13,16H,4,8-12H2,1-3H3. The molecular formula is C15H26N4. The lowest BCUT2D eigenvalue weighted by Crippen LogP contribution is -2.49. The first-order valence-corrected chi connectivity index (χ1v) is 7.27. The highest BCUT2D eigenvalue weighted by Crippen LogP contribution is 2.10. The van der Waals surface area contributed by atoms with Crippen LogP contribution < -0.4 is 5.32 Å². The normalized spacial score (nSPS) is 21.7. The Labute approximate surface area is 116 Å². The molecule has 4 nitrogen and oxygen atoms in total. The average molecular weight is 262 g/mol. The smallest absolute Gasteiger partial charge is 0.0547 e. The van der Waals surface area contributed by atoms with Gasteiger partial charge in [-0.15, -0.1) is 0 Å². The number of pyridine rings is 1. The largest absolute Gasteiger partial charge is 0.311 e. The minimum atomic E-state index is 0.638. The second-order valence-corrected chi connectivity index (χ2v) is 5.47. The number of piperazine rings is 1. The van der Waals surface area contributed by atoms with Crippen LogP contribution in [0.5, 0.6) is 0 Å². The van der Waals surface area contributed by atoms with Crippen molar-refractivity contribution in [3.8, 4) is 0 Å². The summed E-state index contributed by atoms with van der Waals surface area (Å²) in [5, 5.41) is 3.33. The third-order valence-electron chi connectivity index (χ3n) is 3.85. The van der Waals surface area contributed by atoms with E-state index in [1.807, 2.05) is 0 Å². The van der Waals surface area contributed by atoms with Crippen LogP contribution in [0.25, 0.3) is 0 Å². The van der Waals surface area contributed by atoms with Crippen LogP contribution in [0.1, 0.15) is 25.2 Å². The highest BCUT2D eigenvalue weighted by Gasteiger charge is 2.20. The summed E-state index contributed by atoms with van der Waals surface area (Å²) in [4.78, 5) is 9.66. The van der Waals surface area contributed by atoms with Crippen molar-refractivity contribution in [3.63, 3.8) is 0 Å². The molecule has 1 saturated heterocycles. The number of hydrogen-bond donors (Lipinski definition) is 1. The van der Waals surface area contributed by atoms with Crippen LogP contribution in [0.15, 0.2) is 18.2 Å². The molecule has 2 rings (SSSR count). The molecule has 0 aromatic carbocycles. The summed E-state index contributed by atoms with van der Waals surface area (Å²) in [7, 11) is 2.21. The monoisotopic (exact) mass is 262 g/mol. The quantitative estimate of drug-likeness (QED) is 0.867. The van der Waals surface area contributed by atoms with E-state index in [-0.39, 0.29) is 0 Å². The van der Waals surface area contributed by atoms with Gasteiger partial charge in [0, 0.05) is 38.8 Å². The fourth-order valence-electron chi connectivity index (χ4n) is 2.47. The Bertz CT molecular complexity index is 393. The summed E-state index contributed by atoms with van der Waals surface area (Å²) in [6.07, 6.45) is 0. The second-order valence-electron chi connectivity index (χ2n) is 5.47. The second kappa shape index (κ2) is 6.98. The van der Waals surface area contributed by atoms with E-state index in [2.05, 4.69) is 54.2 Å². The van der Waals surface area contributed by atoms with Gasteiger partial charge in [-0.2, -0.15) is 0 Å². The van der Waals surface area contributed by atoms with E-state index in [0.717, 1.165) is 45.0 Å². The van der Waals surface area contributed by atoms with Gasteiger partial charge in [-0.1, -0.05) is 13.0 Å². The van der Waals surface area contributed by atoms with Crippen molar-refractivity contribution in [1.82, 2.24) is 20.1 Å². The molecule has 1 unspecified atom stereocenters. The Hall–Kier alpha value is -0.970. The van der Waals surface area contributed by atoms with Gasteiger partial charge in [0.05, 0.1) is 11.4 Å². The minimum Gasteiger partial charge on any atom is -0.311 e. The van der Waals surface area contributed by atoms with Gasteiger partial charge in [0.1, 0.15) is 0 Å². The first-order chi connectivity index (χ1) is 9.19. The summed E-state index contributed by atoms with van der Waals surface area (Å²) in [6, 6.07) is 6.99. The van der Waals surface area contributed by atoms with E-state index >= 15 is 0 Å². The number of nitrogens with one attached hydrogen (secondary N) is 1. The maximum Gasteiger partial charge on any atom is 0.0547 e. The van der Waals surface area contributed by atoms with Gasteiger partial charge in [0.15, 0.2) is 0 Å². The van der Waals surface area contributed by atoms with Crippen LogP contribution in [-0.4, -0.2) is 54.1 Å². The van der Waals surface area contributed by atoms with Crippen molar-refractivity contribution in [2.24, 2.45) is 0 Å². The van der Waals surface area contributed by atoms with Gasteiger partial charge in [-0.3, -0.25) is 9.88 Å². The molecule has 1 N–H and O–H groups in total. The molecule has 0 spiro atoms. The van der Waals surface area contributed by atoms with Crippen molar-refractivity contribution in [2.75, 3.05) is 33.2 Å². The first-order valence-electron chi connectivity index (χ1n) is 7.27. The lowest BCUT2D eigenvalue weighted by atomic mass is 10.2. The third kappa shape index (κ3) is 4.27. The molecule has 0 radical (unpaired) electrons. The van der Waals surface area contributed by atoms with E-state index in [9.17, 15) is 0 Å². The molecule has 1 aromatic rings. The van der Waals surface area contributed by atoms with Gasteiger partial charge >= 0.3 is 0 Å². The minimum absolute atomic E-state index is 0.638. The van der Waals surface area contributed by atoms with E-state index in [1.54, 1.807) is 0 Å². The van der Waals surface area contributed by atoms with Crippen LogP contribution in [-0.2, 0) is 13.1 Å². The molecule has 19 heavy (non-hydrogen) atoms. The lowest BCUT2D eigenvalue weighted by Gasteiger charge is -2.37. The Morgan fingerprint density at radius 2 is 2.11 bits per heavy atom. The average Bonchev–Trinajstić information content (AvgIpc) is 2.41. The lowest BCUT2D eigenvalue weighted by molar-refractivity contribution is 0.0990. The van der Waals surface area contributed by atoms with Crippen LogP contribution in [0.2, 0.25) is 0 Å². The van der Waals surface area contributed by atoms with E-state index in [0.29, 0.717) is 6.04 Å². The number of rotatable bonds is 5. The molecule has 0 amide bonds. The van der Waals surface area contributed by atoms with Crippen molar-refractivity contribution in [3.05, 3.63) is 29.6 Å². The molecule has 4 heteroatoms. The highest BCUT2D eigenvalue weighted by atomic mass is 15.3. The maximum atomic E-state index is 4.73. The maximum absolute atomic E-state index is 4.73. The SMILES string of the molecule is CCNCc1cccc(CN2CCN(C)C(C)C2)n1. The number of nitrogens with zero attached hydrogens (tertiary/aromatic N) is 3. The molecule has 0 saturated carbocycles. The molecular weight excluding hydrogens is 236 g/mol. The molecule has 1 aliphatic rings. The summed E-state index contributed by atoms with van der Waals surface area (Å²) < 4.78 is 0. The van der Waals surface area contributed by atoms with Crippen molar-refractivity contribution in [2.45, 2.75) is 33.0 Å². The molecule has 1 aliphatic heterocycles. The van der Waals surface area contributed by atoms with Crippen LogP contribution >= 0.6 is 0 Å². The fraction of sp³-hybridized carbons (Fsp3) is 0.667. The Balaban J connectivity index is 1.91. The number of aromatic nitrogens is 1. The summed E-state index contributed by atoms with van der Waals surface area (Å²) in [6.45, 7) is 10.7. The molecule has 1 aromatic heterocycles. The zero-order valence-corrected chi connectivity index (χ0v) is 12.4. The van der Waals surface area contributed by atoms with Gasteiger partial charge in [-0.05, 0) is 32.6 Å². The fourth-order valence-corrected chi connectivity index (χ4v) is 2.47. The Kier molecular flexibility index (Phi) is 5.31. The molecule has 1 atom stereocenters. The zero-order valence-electron chi connectivity index (χ0n) is 12.4. The molecule has 1 fully saturated rings. The third-order valence-corrected chi connectivity index (χ3v) is 3.85. The first kappa shape index (κ1) is 14.4.